The fourth-order valence-electron chi connectivity index (χ4n) is 1.82. The third-order valence-corrected chi connectivity index (χ3v) is 3.46. The highest BCUT2D eigenvalue weighted by molar-refractivity contribution is 6.30. The van der Waals surface area contributed by atoms with Crippen molar-refractivity contribution in [3.63, 3.8) is 0 Å². The molecule has 0 saturated heterocycles. The van der Waals surface area contributed by atoms with Gasteiger partial charge in [0, 0.05) is 28.5 Å². The van der Waals surface area contributed by atoms with Crippen LogP contribution in [0.4, 0.5) is 5.69 Å². The molecule has 0 atom stereocenters. The molecule has 2 nitrogen and oxygen atoms in total. The maximum absolute atomic E-state index is 11.9. The molecule has 0 aromatic heterocycles. The number of benzene rings is 2. The van der Waals surface area contributed by atoms with Crippen molar-refractivity contribution in [2.45, 2.75) is 13.8 Å². The smallest absolute Gasteiger partial charge is 0.187 e. The van der Waals surface area contributed by atoms with E-state index in [-0.39, 0.29) is 5.78 Å². The molecule has 0 fully saturated rings. The van der Waals surface area contributed by atoms with Crippen molar-refractivity contribution in [3.8, 4) is 0 Å². The van der Waals surface area contributed by atoms with Gasteiger partial charge in [0.1, 0.15) is 0 Å². The van der Waals surface area contributed by atoms with E-state index in [1.165, 1.54) is 17.2 Å². The fraction of sp³-hybridized carbons (Fsp3) is 0.118. The van der Waals surface area contributed by atoms with Crippen LogP contribution in [-0.2, 0) is 0 Å². The minimum absolute atomic E-state index is 0.0560. The van der Waals surface area contributed by atoms with Crippen LogP contribution >= 0.6 is 11.6 Å². The Morgan fingerprint density at radius 2 is 1.80 bits per heavy atom. The van der Waals surface area contributed by atoms with Crippen LogP contribution in [0.25, 0.3) is 0 Å². The van der Waals surface area contributed by atoms with Crippen LogP contribution in [0.1, 0.15) is 21.5 Å². The zero-order valence-corrected chi connectivity index (χ0v) is 12.2. The van der Waals surface area contributed by atoms with E-state index in [0.29, 0.717) is 10.6 Å². The van der Waals surface area contributed by atoms with Crippen molar-refractivity contribution in [1.82, 2.24) is 0 Å². The van der Waals surface area contributed by atoms with Crippen molar-refractivity contribution in [2.24, 2.45) is 0 Å². The highest BCUT2D eigenvalue weighted by Gasteiger charge is 2.01. The number of rotatable bonds is 4. The third kappa shape index (κ3) is 3.49. The molecular formula is C17H16ClNO. The minimum atomic E-state index is -0.0560. The molecule has 0 aliphatic rings. The fourth-order valence-corrected chi connectivity index (χ4v) is 1.95. The second-order valence-electron chi connectivity index (χ2n) is 4.60. The topological polar surface area (TPSA) is 29.1 Å². The first-order chi connectivity index (χ1) is 9.58. The summed E-state index contributed by atoms with van der Waals surface area (Å²) in [5, 5.41) is 3.76. The average molecular weight is 286 g/mol. The summed E-state index contributed by atoms with van der Waals surface area (Å²) >= 11 is 5.79. The lowest BCUT2D eigenvalue weighted by Gasteiger charge is -2.07. The molecule has 0 saturated carbocycles. The maximum atomic E-state index is 11.9. The molecule has 0 amide bonds. The molecule has 3 heteroatoms. The molecule has 0 heterocycles. The normalized spacial score (nSPS) is 10.8. The molecule has 20 heavy (non-hydrogen) atoms. The summed E-state index contributed by atoms with van der Waals surface area (Å²) in [6.07, 6.45) is 3.18. The molecule has 0 bridgehead atoms. The molecule has 1 N–H and O–H groups in total. The van der Waals surface area contributed by atoms with Crippen LogP contribution in [0, 0.1) is 13.8 Å². The zero-order valence-electron chi connectivity index (χ0n) is 11.5. The number of allylic oxidation sites excluding steroid dienone is 1. The van der Waals surface area contributed by atoms with Crippen LogP contribution in [0.5, 0.6) is 0 Å². The molecule has 0 spiro atoms. The highest BCUT2D eigenvalue weighted by atomic mass is 35.5. The van der Waals surface area contributed by atoms with E-state index in [9.17, 15) is 4.79 Å². The van der Waals surface area contributed by atoms with E-state index in [0.717, 1.165) is 5.69 Å². The van der Waals surface area contributed by atoms with Gasteiger partial charge in [-0.1, -0.05) is 23.7 Å². The van der Waals surface area contributed by atoms with Gasteiger partial charge in [-0.2, -0.15) is 0 Å². The number of ketones is 1. The molecule has 2 aromatic carbocycles. The Balaban J connectivity index is 2.05. The van der Waals surface area contributed by atoms with Crippen LogP contribution in [0.2, 0.25) is 5.02 Å². The Bertz CT molecular complexity index is 645. The Morgan fingerprint density at radius 1 is 1.10 bits per heavy atom. The van der Waals surface area contributed by atoms with Gasteiger partial charge in [0.2, 0.25) is 0 Å². The quantitative estimate of drug-likeness (QED) is 0.648. The Labute approximate surface area is 124 Å². The average Bonchev–Trinajstić information content (AvgIpc) is 2.44. The lowest BCUT2D eigenvalue weighted by Crippen LogP contribution is -1.97. The van der Waals surface area contributed by atoms with Gasteiger partial charge in [0.05, 0.1) is 0 Å². The van der Waals surface area contributed by atoms with Gasteiger partial charge in [-0.25, -0.2) is 0 Å². The van der Waals surface area contributed by atoms with E-state index < -0.39 is 0 Å². The summed E-state index contributed by atoms with van der Waals surface area (Å²) in [7, 11) is 0. The second kappa shape index (κ2) is 6.40. The van der Waals surface area contributed by atoms with Crippen LogP contribution < -0.4 is 5.32 Å². The monoisotopic (exact) mass is 285 g/mol. The standard InChI is InChI=1S/C17H16ClNO/c1-12-4-3-5-16(13(12)2)19-11-10-17(20)14-6-8-15(18)9-7-14/h3-11,19H,1-2H3/b11-10+. The summed E-state index contributed by atoms with van der Waals surface area (Å²) in [6.45, 7) is 4.11. The number of hydrogen-bond acceptors (Lipinski definition) is 2. The van der Waals surface area contributed by atoms with Crippen LogP contribution in [0.3, 0.4) is 0 Å². The van der Waals surface area contributed by atoms with Crippen molar-refractivity contribution in [3.05, 3.63) is 76.5 Å². The number of hydrogen-bond donors (Lipinski definition) is 1. The molecule has 0 aliphatic heterocycles. The first kappa shape index (κ1) is 14.4. The largest absolute Gasteiger partial charge is 0.361 e. The summed E-state index contributed by atoms with van der Waals surface area (Å²) in [4.78, 5) is 11.9. The van der Waals surface area contributed by atoms with Gasteiger partial charge < -0.3 is 5.32 Å². The predicted molar refractivity (Wildman–Crippen MR) is 84.5 cm³/mol. The van der Waals surface area contributed by atoms with Crippen LogP contribution in [0.15, 0.2) is 54.7 Å². The van der Waals surface area contributed by atoms with Gasteiger partial charge in [0.25, 0.3) is 0 Å². The van der Waals surface area contributed by atoms with E-state index in [1.807, 2.05) is 19.1 Å². The van der Waals surface area contributed by atoms with E-state index in [1.54, 1.807) is 30.5 Å². The summed E-state index contributed by atoms with van der Waals surface area (Å²) in [5.74, 6) is -0.0560. The Hall–Kier alpha value is -2.06. The summed E-state index contributed by atoms with van der Waals surface area (Å²) in [5.41, 5.74) is 4.02. The number of nitrogens with one attached hydrogen (secondary N) is 1. The van der Waals surface area contributed by atoms with Crippen molar-refractivity contribution in [2.75, 3.05) is 5.32 Å². The highest BCUT2D eigenvalue weighted by Crippen LogP contribution is 2.18. The molecule has 2 rings (SSSR count). The predicted octanol–water partition coefficient (Wildman–Crippen LogP) is 4.77. The lowest BCUT2D eigenvalue weighted by molar-refractivity contribution is 0.104. The Kier molecular flexibility index (Phi) is 4.59. The first-order valence-corrected chi connectivity index (χ1v) is 6.75. The number of halogens is 1. The zero-order chi connectivity index (χ0) is 14.5. The van der Waals surface area contributed by atoms with E-state index in [2.05, 4.69) is 18.3 Å². The summed E-state index contributed by atoms with van der Waals surface area (Å²) < 4.78 is 0. The van der Waals surface area contributed by atoms with Gasteiger partial charge in [-0.05, 0) is 55.3 Å². The molecule has 0 radical (unpaired) electrons. The van der Waals surface area contributed by atoms with E-state index >= 15 is 0 Å². The maximum Gasteiger partial charge on any atom is 0.187 e. The van der Waals surface area contributed by atoms with Crippen LogP contribution in [-0.4, -0.2) is 5.78 Å². The second-order valence-corrected chi connectivity index (χ2v) is 5.03. The molecule has 0 unspecified atom stereocenters. The summed E-state index contributed by atoms with van der Waals surface area (Å²) in [6, 6.07) is 12.9. The van der Waals surface area contributed by atoms with Crippen molar-refractivity contribution < 1.29 is 4.79 Å². The van der Waals surface area contributed by atoms with Gasteiger partial charge in [-0.3, -0.25) is 4.79 Å². The van der Waals surface area contributed by atoms with Gasteiger partial charge in [0.15, 0.2) is 5.78 Å². The molecular weight excluding hydrogens is 270 g/mol. The van der Waals surface area contributed by atoms with Gasteiger partial charge >= 0.3 is 0 Å². The number of aryl methyl sites for hydroxylation is 1. The number of carbonyl (C=O) groups is 1. The number of anilines is 1. The first-order valence-electron chi connectivity index (χ1n) is 6.37. The SMILES string of the molecule is Cc1cccc(N/C=C/C(=O)c2ccc(Cl)cc2)c1C. The molecule has 0 aliphatic carbocycles. The Morgan fingerprint density at radius 3 is 2.50 bits per heavy atom. The lowest BCUT2D eigenvalue weighted by atomic mass is 10.1. The van der Waals surface area contributed by atoms with Gasteiger partial charge in [-0.15, -0.1) is 0 Å². The molecule has 2 aromatic rings. The van der Waals surface area contributed by atoms with Crippen molar-refractivity contribution >= 4 is 23.1 Å². The van der Waals surface area contributed by atoms with E-state index in [4.69, 9.17) is 11.6 Å². The molecule has 102 valence electrons. The van der Waals surface area contributed by atoms with Crippen molar-refractivity contribution in [1.29, 1.82) is 0 Å². The third-order valence-electron chi connectivity index (χ3n) is 3.21. The number of carbonyl (C=O) groups excluding carboxylic acids is 1. The minimum Gasteiger partial charge on any atom is -0.361 e.